The molecule has 0 aromatic heterocycles. The second kappa shape index (κ2) is 5.92. The van der Waals surface area contributed by atoms with Gasteiger partial charge in [-0.25, -0.2) is 0 Å². The topological polar surface area (TPSA) is 113 Å². The fourth-order valence-electron chi connectivity index (χ4n) is 5.48. The molecule has 3 N–H and O–H groups in total. The SMILES string of the molecule is COC(=O)C12C3CCC(CC31)C2NC(=O)c1ccc(B(O)O)c(C=O)c1. The van der Waals surface area contributed by atoms with Gasteiger partial charge in [0.05, 0.1) is 12.5 Å². The smallest absolute Gasteiger partial charge is 0.469 e. The van der Waals surface area contributed by atoms with E-state index in [1.165, 1.54) is 25.3 Å². The lowest BCUT2D eigenvalue weighted by Crippen LogP contribution is -2.50. The highest BCUT2D eigenvalue weighted by Gasteiger charge is 2.80. The van der Waals surface area contributed by atoms with Crippen molar-refractivity contribution < 1.29 is 29.2 Å². The van der Waals surface area contributed by atoms with E-state index in [2.05, 4.69) is 5.32 Å². The lowest BCUT2D eigenvalue weighted by atomic mass is 9.76. The molecule has 4 bridgehead atoms. The van der Waals surface area contributed by atoms with Crippen molar-refractivity contribution in [2.24, 2.45) is 23.2 Å². The molecule has 1 aromatic rings. The summed E-state index contributed by atoms with van der Waals surface area (Å²) in [4.78, 5) is 36.4. The molecule has 4 saturated carbocycles. The van der Waals surface area contributed by atoms with Crippen LogP contribution in [0.1, 0.15) is 40.0 Å². The summed E-state index contributed by atoms with van der Waals surface area (Å²) in [5.74, 6) is 0.210. The maximum atomic E-state index is 12.7. The van der Waals surface area contributed by atoms with Gasteiger partial charge in [-0.15, -0.1) is 0 Å². The highest BCUT2D eigenvalue weighted by molar-refractivity contribution is 6.60. The van der Waals surface area contributed by atoms with Crippen LogP contribution < -0.4 is 10.8 Å². The first-order chi connectivity index (χ1) is 12.4. The van der Waals surface area contributed by atoms with Crippen molar-refractivity contribution in [1.29, 1.82) is 0 Å². The standard InChI is InChI=1S/C18H20BNO6/c1-26-17(23)18-12-4-2-9(7-13(12)18)15(18)20-16(22)10-3-5-14(19(24)25)11(6-10)8-21/h3,5-6,8-9,12-13,15,24-25H,2,4,7H2,1H3,(H,20,22). The molecule has 5 rings (SSSR count). The summed E-state index contributed by atoms with van der Waals surface area (Å²) >= 11 is 0. The molecule has 7 nitrogen and oxygen atoms in total. The third-order valence-electron chi connectivity index (χ3n) is 6.57. The molecular formula is C18H20BNO6. The number of ether oxygens (including phenoxy) is 1. The maximum Gasteiger partial charge on any atom is 0.489 e. The molecular weight excluding hydrogens is 337 g/mol. The number of esters is 1. The molecule has 4 fully saturated rings. The molecule has 136 valence electrons. The monoisotopic (exact) mass is 357 g/mol. The van der Waals surface area contributed by atoms with Crippen LogP contribution in [0.4, 0.5) is 0 Å². The van der Waals surface area contributed by atoms with Crippen LogP contribution in [0.15, 0.2) is 18.2 Å². The van der Waals surface area contributed by atoms with Crippen molar-refractivity contribution in [2.45, 2.75) is 25.3 Å². The van der Waals surface area contributed by atoms with Gasteiger partial charge in [0.25, 0.3) is 5.91 Å². The highest BCUT2D eigenvalue weighted by atomic mass is 16.5. The van der Waals surface area contributed by atoms with E-state index in [9.17, 15) is 24.4 Å². The fraction of sp³-hybridized carbons (Fsp3) is 0.500. The van der Waals surface area contributed by atoms with Crippen LogP contribution >= 0.6 is 0 Å². The van der Waals surface area contributed by atoms with Gasteiger partial charge in [0.2, 0.25) is 0 Å². The van der Waals surface area contributed by atoms with Crippen molar-refractivity contribution in [3.63, 3.8) is 0 Å². The highest BCUT2D eigenvalue weighted by Crippen LogP contribution is 2.75. The van der Waals surface area contributed by atoms with Crippen LogP contribution in [0.5, 0.6) is 0 Å². The van der Waals surface area contributed by atoms with Crippen molar-refractivity contribution >= 4 is 30.7 Å². The summed E-state index contributed by atoms with van der Waals surface area (Å²) in [5.41, 5.74) is -0.254. The number of carbonyl (C=O) groups is 3. The van der Waals surface area contributed by atoms with E-state index in [0.29, 0.717) is 6.29 Å². The Morgan fingerprint density at radius 2 is 2.08 bits per heavy atom. The number of methoxy groups -OCH3 is 1. The Kier molecular flexibility index (Phi) is 3.93. The first-order valence-corrected chi connectivity index (χ1v) is 8.79. The van der Waals surface area contributed by atoms with E-state index < -0.39 is 12.5 Å². The van der Waals surface area contributed by atoms with Crippen molar-refractivity contribution in [3.8, 4) is 0 Å². The predicted octanol–water partition coefficient (Wildman–Crippen LogP) is -0.504. The summed E-state index contributed by atoms with van der Waals surface area (Å²) in [5, 5.41) is 21.5. The third kappa shape index (κ3) is 2.18. The van der Waals surface area contributed by atoms with Gasteiger partial charge in [0, 0.05) is 17.2 Å². The molecule has 4 aliphatic carbocycles. The molecule has 26 heavy (non-hydrogen) atoms. The Labute approximate surface area is 150 Å². The molecule has 0 heterocycles. The summed E-state index contributed by atoms with van der Waals surface area (Å²) in [6.45, 7) is 0. The average molecular weight is 357 g/mol. The van der Waals surface area contributed by atoms with Crippen molar-refractivity contribution in [3.05, 3.63) is 29.3 Å². The lowest BCUT2D eigenvalue weighted by Gasteiger charge is -2.35. The molecule has 0 radical (unpaired) electrons. The molecule has 0 spiro atoms. The predicted molar refractivity (Wildman–Crippen MR) is 91.7 cm³/mol. The van der Waals surface area contributed by atoms with Crippen LogP contribution in [0.25, 0.3) is 0 Å². The van der Waals surface area contributed by atoms with E-state index in [0.717, 1.165) is 19.3 Å². The zero-order valence-electron chi connectivity index (χ0n) is 14.3. The van der Waals surface area contributed by atoms with Gasteiger partial charge >= 0.3 is 13.1 Å². The van der Waals surface area contributed by atoms with E-state index in [-0.39, 0.29) is 52.3 Å². The van der Waals surface area contributed by atoms with Crippen LogP contribution in [-0.2, 0) is 9.53 Å². The minimum absolute atomic E-state index is 0.0461. The number of rotatable bonds is 5. The number of amides is 1. The number of benzene rings is 1. The Hall–Kier alpha value is -2.19. The number of fused-ring (bicyclic) bond motifs is 1. The number of nitrogens with one attached hydrogen (secondary N) is 1. The fourth-order valence-corrected chi connectivity index (χ4v) is 5.48. The largest absolute Gasteiger partial charge is 0.489 e. The minimum Gasteiger partial charge on any atom is -0.469 e. The van der Waals surface area contributed by atoms with Gasteiger partial charge in [-0.1, -0.05) is 6.07 Å². The van der Waals surface area contributed by atoms with Crippen LogP contribution in [0.3, 0.4) is 0 Å². The Balaban J connectivity index is 1.59. The van der Waals surface area contributed by atoms with Gasteiger partial charge in [-0.05, 0) is 54.6 Å². The normalized spacial score (nSPS) is 33.3. The average Bonchev–Trinajstić information content (AvgIpc) is 3.25. The first-order valence-electron chi connectivity index (χ1n) is 8.79. The quantitative estimate of drug-likeness (QED) is 0.372. The van der Waals surface area contributed by atoms with Gasteiger partial charge in [-0.2, -0.15) is 0 Å². The Morgan fingerprint density at radius 3 is 2.69 bits per heavy atom. The van der Waals surface area contributed by atoms with Crippen molar-refractivity contribution in [2.75, 3.05) is 7.11 Å². The number of hydrogen-bond acceptors (Lipinski definition) is 6. The molecule has 1 aromatic carbocycles. The van der Waals surface area contributed by atoms with Gasteiger partial charge in [-0.3, -0.25) is 14.4 Å². The molecule has 1 amide bonds. The van der Waals surface area contributed by atoms with Gasteiger partial charge in [0.15, 0.2) is 0 Å². The molecule has 5 unspecified atom stereocenters. The van der Waals surface area contributed by atoms with Crippen LogP contribution in [0.2, 0.25) is 0 Å². The zero-order valence-corrected chi connectivity index (χ0v) is 14.3. The van der Waals surface area contributed by atoms with Crippen molar-refractivity contribution in [1.82, 2.24) is 5.32 Å². The maximum absolute atomic E-state index is 12.7. The molecule has 8 heteroatoms. The van der Waals surface area contributed by atoms with E-state index in [1.54, 1.807) is 0 Å². The Bertz CT molecular complexity index is 790. The molecule has 4 aliphatic rings. The van der Waals surface area contributed by atoms with E-state index >= 15 is 0 Å². The summed E-state index contributed by atoms with van der Waals surface area (Å²) in [6.07, 6.45) is 3.39. The summed E-state index contributed by atoms with van der Waals surface area (Å²) in [7, 11) is -0.403. The van der Waals surface area contributed by atoms with E-state index in [4.69, 9.17) is 4.74 Å². The molecule has 5 atom stereocenters. The van der Waals surface area contributed by atoms with Crippen LogP contribution in [-0.4, -0.2) is 48.5 Å². The van der Waals surface area contributed by atoms with E-state index in [1.807, 2.05) is 0 Å². The minimum atomic E-state index is -1.78. The van der Waals surface area contributed by atoms with Gasteiger partial charge in [0.1, 0.15) is 6.29 Å². The zero-order chi connectivity index (χ0) is 18.6. The molecule has 0 saturated heterocycles. The van der Waals surface area contributed by atoms with Gasteiger partial charge < -0.3 is 20.1 Å². The second-order valence-corrected chi connectivity index (χ2v) is 7.50. The molecule has 0 aliphatic heterocycles. The number of carbonyl (C=O) groups excluding carboxylic acids is 3. The lowest BCUT2D eigenvalue weighted by molar-refractivity contribution is -0.149. The van der Waals surface area contributed by atoms with Crippen LogP contribution in [0, 0.1) is 23.2 Å². The third-order valence-corrected chi connectivity index (χ3v) is 6.57. The summed E-state index contributed by atoms with van der Waals surface area (Å²) < 4.78 is 5.04. The number of hydrogen-bond donors (Lipinski definition) is 3. The second-order valence-electron chi connectivity index (χ2n) is 7.50. The first kappa shape index (κ1) is 17.2. The Morgan fingerprint density at radius 1 is 1.31 bits per heavy atom. The summed E-state index contributed by atoms with van der Waals surface area (Å²) in [6, 6.07) is 3.87. The number of aldehydes is 1.